The molecule has 15 heteroatoms. The second-order valence-corrected chi connectivity index (χ2v) is 13.2. The topological polar surface area (TPSA) is 119 Å². The molecule has 1 aliphatic carbocycles. The summed E-state index contributed by atoms with van der Waals surface area (Å²) in [5.41, 5.74) is -0.00143. The number of nitrogens with zero attached hydrogens (tertiary/aromatic N) is 1. The number of ether oxygens (including phenoxy) is 2. The average Bonchev–Trinajstić information content (AvgIpc) is 3.50. The summed E-state index contributed by atoms with van der Waals surface area (Å²) >= 11 is 1.10. The Balaban J connectivity index is 1.02. The number of carbonyl (C=O) groups excluding carboxylic acids is 3. The number of hydrogen-bond acceptors (Lipinski definition) is 7. The minimum absolute atomic E-state index is 0.0263. The molecule has 1 saturated carbocycles. The van der Waals surface area contributed by atoms with Gasteiger partial charge in [0.05, 0.1) is 27.9 Å². The summed E-state index contributed by atoms with van der Waals surface area (Å²) in [5.74, 6) is -3.20. The van der Waals surface area contributed by atoms with E-state index >= 15 is 4.39 Å². The van der Waals surface area contributed by atoms with Gasteiger partial charge in [-0.05, 0) is 55.0 Å². The molecule has 1 aliphatic rings. The van der Waals surface area contributed by atoms with Gasteiger partial charge < -0.3 is 25.4 Å². The zero-order valence-corrected chi connectivity index (χ0v) is 28.1. The molecule has 3 amide bonds. The number of aromatic nitrogens is 1. The molecule has 0 saturated heterocycles. The molecule has 0 atom stereocenters. The van der Waals surface area contributed by atoms with Crippen molar-refractivity contribution in [2.45, 2.75) is 50.9 Å². The molecule has 1 heterocycles. The quantitative estimate of drug-likeness (QED) is 0.123. The van der Waals surface area contributed by atoms with Gasteiger partial charge in [0.25, 0.3) is 0 Å². The van der Waals surface area contributed by atoms with Gasteiger partial charge in [-0.25, -0.2) is 18.6 Å². The number of alkyl carbamates (subject to hydrolysis) is 1. The minimum atomic E-state index is -4.58. The third-order valence-corrected chi connectivity index (χ3v) is 9.30. The molecule has 0 radical (unpaired) electrons. The lowest BCUT2D eigenvalue weighted by Crippen LogP contribution is -2.39. The standard InChI is InChI=1S/C37H31F5N4O5S/c38-27-14-13-26(17-29(27)44-33(47)16-22-7-4-8-24(15-22)37(40,41)42)51-31-19-32-30(18-28(31)39)45-35(52-32)46-34(48)23-9-11-25(12-10-23)43-36(49)50-20-21-5-2-1-3-6-21/h1-8,13-15,17-19,23,25H,9-12,16,20H2,(H,43,49)(H,44,47)(H,45,46,48). The molecular formula is C37H31F5N4O5S. The highest BCUT2D eigenvalue weighted by Crippen LogP contribution is 2.36. The van der Waals surface area contributed by atoms with Crippen molar-refractivity contribution >= 4 is 50.3 Å². The molecule has 270 valence electrons. The Morgan fingerprint density at radius 2 is 1.58 bits per heavy atom. The van der Waals surface area contributed by atoms with Crippen LogP contribution < -0.4 is 20.7 Å². The van der Waals surface area contributed by atoms with Crippen LogP contribution in [0.4, 0.5) is 37.6 Å². The lowest BCUT2D eigenvalue weighted by Gasteiger charge is -2.27. The molecule has 9 nitrogen and oxygen atoms in total. The van der Waals surface area contributed by atoms with Crippen molar-refractivity contribution in [1.82, 2.24) is 10.3 Å². The Bertz CT molecular complexity index is 2080. The summed E-state index contributed by atoms with van der Waals surface area (Å²) in [7, 11) is 0. The van der Waals surface area contributed by atoms with Crippen LogP contribution in [0.1, 0.15) is 42.4 Å². The number of benzene rings is 4. The van der Waals surface area contributed by atoms with Crippen molar-refractivity contribution in [2.75, 3.05) is 10.6 Å². The third-order valence-electron chi connectivity index (χ3n) is 8.36. The summed E-state index contributed by atoms with van der Waals surface area (Å²) in [6, 6.07) is 19.3. The average molecular weight is 739 g/mol. The van der Waals surface area contributed by atoms with Crippen LogP contribution >= 0.6 is 11.3 Å². The first-order valence-electron chi connectivity index (χ1n) is 16.2. The van der Waals surface area contributed by atoms with Crippen molar-refractivity contribution < 1.29 is 45.8 Å². The second-order valence-electron chi connectivity index (χ2n) is 12.2. The Morgan fingerprint density at radius 1 is 0.827 bits per heavy atom. The molecule has 52 heavy (non-hydrogen) atoms. The number of hydrogen-bond donors (Lipinski definition) is 3. The van der Waals surface area contributed by atoms with Gasteiger partial charge in [-0.3, -0.25) is 9.59 Å². The maximum Gasteiger partial charge on any atom is 0.416 e. The number of halogens is 5. The van der Waals surface area contributed by atoms with Gasteiger partial charge in [0.2, 0.25) is 11.8 Å². The predicted octanol–water partition coefficient (Wildman–Crippen LogP) is 8.99. The van der Waals surface area contributed by atoms with Crippen molar-refractivity contribution in [2.24, 2.45) is 5.92 Å². The lowest BCUT2D eigenvalue weighted by molar-refractivity contribution is -0.137. The van der Waals surface area contributed by atoms with Crippen LogP contribution in [0.15, 0.2) is 84.9 Å². The number of carbonyl (C=O) groups is 3. The van der Waals surface area contributed by atoms with Crippen molar-refractivity contribution in [3.8, 4) is 11.5 Å². The highest BCUT2D eigenvalue weighted by Gasteiger charge is 2.31. The van der Waals surface area contributed by atoms with E-state index in [2.05, 4.69) is 20.9 Å². The fourth-order valence-corrected chi connectivity index (χ4v) is 6.61. The van der Waals surface area contributed by atoms with Gasteiger partial charge in [0, 0.05) is 30.2 Å². The molecule has 3 N–H and O–H groups in total. The minimum Gasteiger partial charge on any atom is -0.454 e. The van der Waals surface area contributed by atoms with Gasteiger partial charge in [-0.2, -0.15) is 13.2 Å². The lowest BCUT2D eigenvalue weighted by atomic mass is 9.85. The number of nitrogens with one attached hydrogen (secondary N) is 3. The Hall–Kier alpha value is -5.57. The number of fused-ring (bicyclic) bond motifs is 1. The first-order chi connectivity index (χ1) is 24.9. The molecule has 6 rings (SSSR count). The van der Waals surface area contributed by atoms with Gasteiger partial charge in [0.1, 0.15) is 18.2 Å². The van der Waals surface area contributed by atoms with E-state index in [0.717, 1.165) is 47.2 Å². The molecule has 1 aromatic heterocycles. The summed E-state index contributed by atoms with van der Waals surface area (Å²) in [4.78, 5) is 42.1. The zero-order chi connectivity index (χ0) is 36.8. The zero-order valence-electron chi connectivity index (χ0n) is 27.3. The highest BCUT2D eigenvalue weighted by molar-refractivity contribution is 7.22. The fraction of sp³-hybridized carbons (Fsp3) is 0.243. The van der Waals surface area contributed by atoms with Crippen molar-refractivity contribution in [3.63, 3.8) is 0 Å². The van der Waals surface area contributed by atoms with Crippen molar-refractivity contribution in [1.29, 1.82) is 0 Å². The van der Waals surface area contributed by atoms with E-state index in [1.165, 1.54) is 24.3 Å². The monoisotopic (exact) mass is 738 g/mol. The molecule has 4 aromatic carbocycles. The highest BCUT2D eigenvalue weighted by atomic mass is 32.1. The molecule has 0 aliphatic heterocycles. The maximum absolute atomic E-state index is 15.1. The number of thiazole rings is 1. The SMILES string of the molecule is O=C(Cc1cccc(C(F)(F)F)c1)Nc1cc(Oc2cc3sc(NC(=O)C4CCC(NC(=O)OCc5ccccc5)CC4)nc3cc2F)ccc1F. The van der Waals surface area contributed by atoms with Crippen LogP contribution in [0.3, 0.4) is 0 Å². The first-order valence-corrected chi connectivity index (χ1v) is 17.0. The first kappa shape index (κ1) is 36.2. The van der Waals surface area contributed by atoms with E-state index in [0.29, 0.717) is 30.4 Å². The van der Waals surface area contributed by atoms with E-state index in [1.807, 2.05) is 30.3 Å². The van der Waals surface area contributed by atoms with E-state index in [9.17, 15) is 31.9 Å². The van der Waals surface area contributed by atoms with Gasteiger partial charge in [-0.15, -0.1) is 0 Å². The molecule has 5 aromatic rings. The van der Waals surface area contributed by atoms with Crippen molar-refractivity contribution in [3.05, 3.63) is 113 Å². The van der Waals surface area contributed by atoms with Crippen LogP contribution in [-0.4, -0.2) is 28.9 Å². The van der Waals surface area contributed by atoms with E-state index in [1.54, 1.807) is 0 Å². The molecule has 1 fully saturated rings. The van der Waals surface area contributed by atoms with Crippen LogP contribution in [-0.2, 0) is 33.5 Å². The summed E-state index contributed by atoms with van der Waals surface area (Å²) in [6.45, 7) is 0.161. The molecule has 0 unspecified atom stereocenters. The summed E-state index contributed by atoms with van der Waals surface area (Å²) in [6.07, 6.45) is -3.28. The summed E-state index contributed by atoms with van der Waals surface area (Å²) < 4.78 is 80.2. The second kappa shape index (κ2) is 15.8. The molecule has 0 spiro atoms. The number of anilines is 2. The largest absolute Gasteiger partial charge is 0.454 e. The normalized spacial score (nSPS) is 15.9. The Morgan fingerprint density at radius 3 is 2.33 bits per heavy atom. The van der Waals surface area contributed by atoms with Crippen LogP contribution in [0.2, 0.25) is 0 Å². The molecular weight excluding hydrogens is 707 g/mol. The number of alkyl halides is 3. The van der Waals surface area contributed by atoms with Gasteiger partial charge in [0.15, 0.2) is 16.7 Å². The van der Waals surface area contributed by atoms with Gasteiger partial charge >= 0.3 is 12.3 Å². The maximum atomic E-state index is 15.1. The van der Waals surface area contributed by atoms with E-state index < -0.39 is 41.8 Å². The molecule has 0 bridgehead atoms. The predicted molar refractivity (Wildman–Crippen MR) is 184 cm³/mol. The number of rotatable bonds is 10. The summed E-state index contributed by atoms with van der Waals surface area (Å²) in [5, 5.41) is 8.23. The number of amides is 3. The van der Waals surface area contributed by atoms with Crippen LogP contribution in [0.5, 0.6) is 11.5 Å². The van der Waals surface area contributed by atoms with Crippen LogP contribution in [0.25, 0.3) is 10.2 Å². The fourth-order valence-electron chi connectivity index (χ4n) is 5.73. The van der Waals surface area contributed by atoms with E-state index in [4.69, 9.17) is 9.47 Å². The Kier molecular flexibility index (Phi) is 11.0. The van der Waals surface area contributed by atoms with Crippen LogP contribution in [0, 0.1) is 17.6 Å². The third kappa shape index (κ3) is 9.40. The van der Waals surface area contributed by atoms with E-state index in [-0.39, 0.29) is 57.9 Å². The van der Waals surface area contributed by atoms with Gasteiger partial charge in [-0.1, -0.05) is 59.9 Å². The Labute approximate surface area is 298 Å². The smallest absolute Gasteiger partial charge is 0.416 e.